The lowest BCUT2D eigenvalue weighted by Gasteiger charge is -2.16. The molecule has 0 rings (SSSR count). The summed E-state index contributed by atoms with van der Waals surface area (Å²) in [6.45, 7) is 4.20. The molecule has 1 nitrogen and oxygen atoms in total. The molecule has 0 aliphatic carbocycles. The second kappa shape index (κ2) is 6.24. The van der Waals surface area contributed by atoms with Crippen molar-refractivity contribution in [2.75, 3.05) is 0 Å². The number of hydrogen-bond donors (Lipinski definition) is 1. The van der Waals surface area contributed by atoms with E-state index in [0.29, 0.717) is 12.3 Å². The zero-order chi connectivity index (χ0) is 8.69. The molecule has 0 saturated carbocycles. The summed E-state index contributed by atoms with van der Waals surface area (Å²) in [6, 6.07) is 0. The van der Waals surface area contributed by atoms with Crippen molar-refractivity contribution in [2.45, 2.75) is 45.6 Å². The summed E-state index contributed by atoms with van der Waals surface area (Å²) in [7, 11) is 0. The second-order valence-corrected chi connectivity index (χ2v) is 3.08. The number of rotatable bonds is 5. The molecule has 0 saturated heterocycles. The minimum Gasteiger partial charge on any atom is -0.393 e. The summed E-state index contributed by atoms with van der Waals surface area (Å²) in [5, 5.41) is 9.48. The Bertz CT molecular complexity index is 123. The van der Waals surface area contributed by atoms with Gasteiger partial charge in [-0.2, -0.15) is 0 Å². The molecule has 0 aromatic rings. The monoisotopic (exact) mass is 154 g/mol. The highest BCUT2D eigenvalue weighted by atomic mass is 16.3. The highest BCUT2D eigenvalue weighted by Crippen LogP contribution is 2.14. The van der Waals surface area contributed by atoms with Crippen molar-refractivity contribution in [3.05, 3.63) is 0 Å². The van der Waals surface area contributed by atoms with Crippen LogP contribution in [0.25, 0.3) is 0 Å². The summed E-state index contributed by atoms with van der Waals surface area (Å²) in [6.07, 6.45) is 8.55. The Hall–Kier alpha value is -0.480. The van der Waals surface area contributed by atoms with Crippen LogP contribution in [0.2, 0.25) is 0 Å². The van der Waals surface area contributed by atoms with Crippen molar-refractivity contribution < 1.29 is 5.11 Å². The largest absolute Gasteiger partial charge is 0.393 e. The first-order valence-corrected chi connectivity index (χ1v) is 4.33. The summed E-state index contributed by atoms with van der Waals surface area (Å²) in [5.74, 6) is 2.93. The third-order valence-electron chi connectivity index (χ3n) is 1.99. The Morgan fingerprint density at radius 3 is 2.55 bits per heavy atom. The summed E-state index contributed by atoms with van der Waals surface area (Å²) < 4.78 is 0. The van der Waals surface area contributed by atoms with Gasteiger partial charge in [0.1, 0.15) is 0 Å². The van der Waals surface area contributed by atoms with E-state index in [2.05, 4.69) is 19.8 Å². The van der Waals surface area contributed by atoms with E-state index in [4.69, 9.17) is 6.42 Å². The minimum absolute atomic E-state index is 0.203. The van der Waals surface area contributed by atoms with E-state index in [9.17, 15) is 5.11 Å². The van der Waals surface area contributed by atoms with Gasteiger partial charge in [-0.25, -0.2) is 0 Å². The fraction of sp³-hybridized carbons (Fsp3) is 0.800. The van der Waals surface area contributed by atoms with Gasteiger partial charge < -0.3 is 5.11 Å². The van der Waals surface area contributed by atoms with E-state index in [1.54, 1.807) is 0 Å². The van der Waals surface area contributed by atoms with Crippen LogP contribution in [0.4, 0.5) is 0 Å². The maximum atomic E-state index is 9.48. The van der Waals surface area contributed by atoms with Crippen molar-refractivity contribution in [3.8, 4) is 12.3 Å². The Morgan fingerprint density at radius 1 is 1.45 bits per heavy atom. The minimum atomic E-state index is -0.203. The van der Waals surface area contributed by atoms with E-state index >= 15 is 0 Å². The zero-order valence-electron chi connectivity index (χ0n) is 7.51. The van der Waals surface area contributed by atoms with Gasteiger partial charge in [-0.1, -0.05) is 20.3 Å². The van der Waals surface area contributed by atoms with Gasteiger partial charge in [0.05, 0.1) is 6.10 Å². The predicted molar refractivity (Wildman–Crippen MR) is 48.1 cm³/mol. The molecule has 0 aliphatic rings. The molecule has 1 N–H and O–H groups in total. The Balaban J connectivity index is 3.47. The van der Waals surface area contributed by atoms with Crippen LogP contribution in [0.3, 0.4) is 0 Å². The van der Waals surface area contributed by atoms with E-state index < -0.39 is 0 Å². The van der Waals surface area contributed by atoms with E-state index in [1.165, 1.54) is 0 Å². The van der Waals surface area contributed by atoms with Gasteiger partial charge in [-0.3, -0.25) is 0 Å². The van der Waals surface area contributed by atoms with Crippen molar-refractivity contribution in [1.29, 1.82) is 0 Å². The number of hydrogen-bond acceptors (Lipinski definition) is 1. The number of terminal acetylenes is 1. The zero-order valence-corrected chi connectivity index (χ0v) is 7.51. The molecule has 0 aromatic heterocycles. The van der Waals surface area contributed by atoms with E-state index in [-0.39, 0.29) is 6.10 Å². The molecule has 0 fully saturated rings. The molecule has 11 heavy (non-hydrogen) atoms. The standard InChI is InChI=1S/C10H18O/c1-4-6-8-10(11)9(3)7-5-2/h1,9-11H,5-8H2,2-3H3. The van der Waals surface area contributed by atoms with Gasteiger partial charge in [0.2, 0.25) is 0 Å². The van der Waals surface area contributed by atoms with Gasteiger partial charge in [-0.15, -0.1) is 12.3 Å². The number of aliphatic hydroxyl groups is 1. The summed E-state index contributed by atoms with van der Waals surface area (Å²) in [5.41, 5.74) is 0. The topological polar surface area (TPSA) is 20.2 Å². The SMILES string of the molecule is C#CCCC(O)C(C)CCC. The Morgan fingerprint density at radius 2 is 2.09 bits per heavy atom. The van der Waals surface area contributed by atoms with Crippen molar-refractivity contribution in [3.63, 3.8) is 0 Å². The molecule has 2 atom stereocenters. The quantitative estimate of drug-likeness (QED) is 0.602. The first kappa shape index (κ1) is 10.5. The van der Waals surface area contributed by atoms with Crippen molar-refractivity contribution >= 4 is 0 Å². The smallest absolute Gasteiger partial charge is 0.0574 e. The lowest BCUT2D eigenvalue weighted by Crippen LogP contribution is -2.16. The van der Waals surface area contributed by atoms with Crippen LogP contribution in [0.15, 0.2) is 0 Å². The maximum absolute atomic E-state index is 9.48. The normalized spacial score (nSPS) is 15.5. The molecule has 0 aromatic carbocycles. The highest BCUT2D eigenvalue weighted by molar-refractivity contribution is 4.84. The molecule has 0 aliphatic heterocycles. The molecular formula is C10H18O. The average Bonchev–Trinajstić information content (AvgIpc) is 2.00. The third kappa shape index (κ3) is 4.86. The van der Waals surface area contributed by atoms with Crippen LogP contribution in [-0.2, 0) is 0 Å². The highest BCUT2D eigenvalue weighted by Gasteiger charge is 2.11. The fourth-order valence-electron chi connectivity index (χ4n) is 1.16. The molecule has 0 radical (unpaired) electrons. The van der Waals surface area contributed by atoms with Gasteiger partial charge in [0.15, 0.2) is 0 Å². The van der Waals surface area contributed by atoms with E-state index in [0.717, 1.165) is 19.3 Å². The molecule has 2 unspecified atom stereocenters. The van der Waals surface area contributed by atoms with Crippen molar-refractivity contribution in [2.24, 2.45) is 5.92 Å². The Kier molecular flexibility index (Phi) is 5.97. The molecule has 0 spiro atoms. The van der Waals surface area contributed by atoms with E-state index in [1.807, 2.05) is 0 Å². The summed E-state index contributed by atoms with van der Waals surface area (Å²) in [4.78, 5) is 0. The Labute approximate surface area is 69.8 Å². The summed E-state index contributed by atoms with van der Waals surface area (Å²) >= 11 is 0. The van der Waals surface area contributed by atoms with Gasteiger partial charge in [0.25, 0.3) is 0 Å². The van der Waals surface area contributed by atoms with Crippen LogP contribution in [0, 0.1) is 18.3 Å². The third-order valence-corrected chi connectivity index (χ3v) is 1.99. The van der Waals surface area contributed by atoms with Crippen LogP contribution < -0.4 is 0 Å². The molecule has 64 valence electrons. The van der Waals surface area contributed by atoms with Crippen LogP contribution in [0.5, 0.6) is 0 Å². The molecule has 1 heteroatoms. The van der Waals surface area contributed by atoms with Gasteiger partial charge >= 0.3 is 0 Å². The molecule has 0 heterocycles. The number of aliphatic hydroxyl groups excluding tert-OH is 1. The first-order valence-electron chi connectivity index (χ1n) is 4.33. The first-order chi connectivity index (χ1) is 5.22. The van der Waals surface area contributed by atoms with Crippen LogP contribution in [-0.4, -0.2) is 11.2 Å². The van der Waals surface area contributed by atoms with Crippen molar-refractivity contribution in [1.82, 2.24) is 0 Å². The second-order valence-electron chi connectivity index (χ2n) is 3.08. The molecule has 0 amide bonds. The lowest BCUT2D eigenvalue weighted by atomic mass is 9.96. The fourth-order valence-corrected chi connectivity index (χ4v) is 1.16. The predicted octanol–water partition coefficient (Wildman–Crippen LogP) is 2.20. The maximum Gasteiger partial charge on any atom is 0.0574 e. The lowest BCUT2D eigenvalue weighted by molar-refractivity contribution is 0.104. The van der Waals surface area contributed by atoms with Crippen LogP contribution >= 0.6 is 0 Å². The molecular weight excluding hydrogens is 136 g/mol. The van der Waals surface area contributed by atoms with Gasteiger partial charge in [-0.05, 0) is 18.8 Å². The molecule has 0 bridgehead atoms. The van der Waals surface area contributed by atoms with Gasteiger partial charge in [0, 0.05) is 6.42 Å². The van der Waals surface area contributed by atoms with Crippen LogP contribution in [0.1, 0.15) is 39.5 Å². The average molecular weight is 154 g/mol.